The summed E-state index contributed by atoms with van der Waals surface area (Å²) in [5.41, 5.74) is 2.74. The molecule has 0 saturated heterocycles. The van der Waals surface area contributed by atoms with E-state index in [-0.39, 0.29) is 17.7 Å². The lowest BCUT2D eigenvalue weighted by Gasteiger charge is -2.22. The Morgan fingerprint density at radius 1 is 1.35 bits per heavy atom. The first kappa shape index (κ1) is 23.0. The molecular weight excluding hydrogens is 444 g/mol. The van der Waals surface area contributed by atoms with Crippen molar-refractivity contribution in [2.24, 2.45) is 0 Å². The summed E-state index contributed by atoms with van der Waals surface area (Å²) >= 11 is 6.14. The Balaban J connectivity index is 1.88. The van der Waals surface area contributed by atoms with Gasteiger partial charge in [-0.1, -0.05) is 11.6 Å². The van der Waals surface area contributed by atoms with Gasteiger partial charge in [0.1, 0.15) is 6.73 Å². The number of nitrogens with zero attached hydrogens (tertiary/aromatic N) is 2. The van der Waals surface area contributed by atoms with Gasteiger partial charge in [0.25, 0.3) is 0 Å². The highest BCUT2D eigenvalue weighted by atomic mass is 35.5. The van der Waals surface area contributed by atoms with Crippen molar-refractivity contribution in [2.45, 2.75) is 18.2 Å². The second-order valence-corrected chi connectivity index (χ2v) is 9.59. The van der Waals surface area contributed by atoms with Crippen LogP contribution in [0.5, 0.6) is 0 Å². The van der Waals surface area contributed by atoms with E-state index in [1.165, 1.54) is 12.3 Å². The van der Waals surface area contributed by atoms with Gasteiger partial charge in [-0.25, -0.2) is 18.4 Å². The number of fused-ring (bicyclic) bond motifs is 1. The maximum Gasteiger partial charge on any atom is 0.330 e. The summed E-state index contributed by atoms with van der Waals surface area (Å²) in [5.74, 6) is -0.729. The zero-order valence-corrected chi connectivity index (χ0v) is 18.8. The Morgan fingerprint density at radius 2 is 2.13 bits per heavy atom. The summed E-state index contributed by atoms with van der Waals surface area (Å²) in [6, 6.07) is 6.65. The van der Waals surface area contributed by atoms with E-state index in [0.29, 0.717) is 18.4 Å². The molecule has 31 heavy (non-hydrogen) atoms. The first-order valence-corrected chi connectivity index (χ1v) is 11.7. The molecule has 0 bridgehead atoms. The summed E-state index contributed by atoms with van der Waals surface area (Å²) in [6.45, 7) is 2.58. The third-order valence-corrected chi connectivity index (χ3v) is 6.20. The second-order valence-electron chi connectivity index (χ2n) is 7.02. The Morgan fingerprint density at radius 3 is 2.84 bits per heavy atom. The minimum absolute atomic E-state index is 0.0308. The number of aromatic nitrogens is 2. The summed E-state index contributed by atoms with van der Waals surface area (Å²) in [5, 5.41) is 5.41. The van der Waals surface area contributed by atoms with Gasteiger partial charge in [-0.3, -0.25) is 4.79 Å². The average molecular weight is 467 g/mol. The average Bonchev–Trinajstić information content (AvgIpc) is 2.68. The number of carbonyl (C=O) groups is 1. The van der Waals surface area contributed by atoms with Crippen molar-refractivity contribution < 1.29 is 22.7 Å². The number of halogens is 1. The minimum Gasteiger partial charge on any atom is -0.468 e. The van der Waals surface area contributed by atoms with E-state index in [1.54, 1.807) is 6.07 Å². The summed E-state index contributed by atoms with van der Waals surface area (Å²) in [6.07, 6.45) is 4.31. The number of hydrogen-bond acceptors (Lipinski definition) is 9. The van der Waals surface area contributed by atoms with Gasteiger partial charge in [0.05, 0.1) is 19.4 Å². The van der Waals surface area contributed by atoms with Gasteiger partial charge in [-0.05, 0) is 48.4 Å². The molecule has 0 fully saturated rings. The predicted molar refractivity (Wildman–Crippen MR) is 119 cm³/mol. The van der Waals surface area contributed by atoms with Crippen molar-refractivity contribution in [3.8, 4) is 0 Å². The molecular formula is C20H23ClN4O5S. The number of ether oxygens (including phenoxy) is 2. The molecule has 1 unspecified atom stereocenters. The molecule has 2 aromatic rings. The number of methoxy groups -OCH3 is 1. The van der Waals surface area contributed by atoms with E-state index < -0.39 is 21.1 Å². The van der Waals surface area contributed by atoms with E-state index in [4.69, 9.17) is 16.3 Å². The zero-order chi connectivity index (χ0) is 22.6. The van der Waals surface area contributed by atoms with Crippen LogP contribution in [0.1, 0.15) is 23.4 Å². The second kappa shape index (κ2) is 9.63. The summed E-state index contributed by atoms with van der Waals surface area (Å²) in [4.78, 5) is 20.4. The van der Waals surface area contributed by atoms with Crippen LogP contribution in [0.2, 0.25) is 5.02 Å². The van der Waals surface area contributed by atoms with Crippen LogP contribution in [0.25, 0.3) is 6.08 Å². The Bertz CT molecular complexity index is 1110. The first-order chi connectivity index (χ1) is 14.7. The smallest absolute Gasteiger partial charge is 0.330 e. The SMILES string of the molecule is COC(=O)C(c1ccnc(N[C@@H](C)/C2=C/c3cc(Cl)ccc3NCOC2)n1)S(C)(=O)=O. The molecule has 1 aromatic carbocycles. The number of anilines is 2. The number of nitrogens with one attached hydrogen (secondary N) is 2. The molecule has 166 valence electrons. The first-order valence-electron chi connectivity index (χ1n) is 9.37. The molecule has 1 aromatic heterocycles. The number of sulfone groups is 1. The van der Waals surface area contributed by atoms with Gasteiger partial charge in [0.15, 0.2) is 15.1 Å². The number of carbonyl (C=O) groups excluding carboxylic acids is 1. The quantitative estimate of drug-likeness (QED) is 0.619. The number of benzene rings is 1. The fourth-order valence-corrected chi connectivity index (χ4v) is 4.30. The lowest BCUT2D eigenvalue weighted by Crippen LogP contribution is -2.26. The van der Waals surface area contributed by atoms with Crippen LogP contribution in [0.15, 0.2) is 36.0 Å². The standard InChI is InChI=1S/C20H23ClN4O5S/c1-12(14-8-13-9-15(21)4-5-16(13)23-11-30-10-14)24-20-22-7-6-17(25-20)18(19(26)29-2)31(3,27)28/h4-9,12,18,23H,10-11H2,1-3H3,(H,22,24,25)/b14-8+/t12-,18?/m0/s1. The van der Waals surface area contributed by atoms with Crippen LogP contribution in [0.3, 0.4) is 0 Å². The Labute approximate surface area is 185 Å². The topological polar surface area (TPSA) is 120 Å². The largest absolute Gasteiger partial charge is 0.468 e. The van der Waals surface area contributed by atoms with Crippen molar-refractivity contribution in [1.82, 2.24) is 9.97 Å². The Hall–Kier alpha value is -2.69. The number of rotatable bonds is 6. The zero-order valence-electron chi connectivity index (χ0n) is 17.3. The van der Waals surface area contributed by atoms with Gasteiger partial charge in [0, 0.05) is 29.2 Å². The van der Waals surface area contributed by atoms with E-state index >= 15 is 0 Å². The molecule has 2 atom stereocenters. The van der Waals surface area contributed by atoms with Crippen molar-refractivity contribution in [3.05, 3.63) is 52.3 Å². The highest BCUT2D eigenvalue weighted by molar-refractivity contribution is 7.91. The molecule has 3 rings (SSSR count). The maximum atomic E-state index is 12.1. The third-order valence-electron chi connectivity index (χ3n) is 4.68. The molecule has 11 heteroatoms. The molecule has 0 spiro atoms. The van der Waals surface area contributed by atoms with E-state index in [9.17, 15) is 13.2 Å². The highest BCUT2D eigenvalue weighted by Crippen LogP contribution is 2.26. The van der Waals surface area contributed by atoms with Crippen molar-refractivity contribution in [3.63, 3.8) is 0 Å². The van der Waals surface area contributed by atoms with Gasteiger partial charge in [-0.2, -0.15) is 0 Å². The Kier molecular flexibility index (Phi) is 7.14. The minimum atomic E-state index is -3.78. The summed E-state index contributed by atoms with van der Waals surface area (Å²) in [7, 11) is -2.66. The van der Waals surface area contributed by atoms with Crippen LogP contribution < -0.4 is 10.6 Å². The predicted octanol–water partition coefficient (Wildman–Crippen LogP) is 2.67. The summed E-state index contributed by atoms with van der Waals surface area (Å²) < 4.78 is 34.5. The fourth-order valence-electron chi connectivity index (χ4n) is 3.10. The molecule has 1 aliphatic heterocycles. The molecule has 0 saturated carbocycles. The molecule has 9 nitrogen and oxygen atoms in total. The fraction of sp³-hybridized carbons (Fsp3) is 0.350. The molecule has 0 radical (unpaired) electrons. The van der Waals surface area contributed by atoms with Gasteiger partial charge >= 0.3 is 5.97 Å². The van der Waals surface area contributed by atoms with Gasteiger partial charge in [-0.15, -0.1) is 0 Å². The lowest BCUT2D eigenvalue weighted by atomic mass is 10.0. The maximum absolute atomic E-state index is 12.1. The van der Waals surface area contributed by atoms with Crippen LogP contribution >= 0.6 is 11.6 Å². The van der Waals surface area contributed by atoms with Crippen LogP contribution in [-0.4, -0.2) is 57.1 Å². The monoisotopic (exact) mass is 466 g/mol. The van der Waals surface area contributed by atoms with E-state index in [1.807, 2.05) is 25.1 Å². The van der Waals surface area contributed by atoms with Crippen LogP contribution in [0, 0.1) is 0 Å². The molecule has 1 aliphatic rings. The molecule has 2 N–H and O–H groups in total. The lowest BCUT2D eigenvalue weighted by molar-refractivity contribution is -0.140. The highest BCUT2D eigenvalue weighted by Gasteiger charge is 2.33. The van der Waals surface area contributed by atoms with Crippen molar-refractivity contribution in [2.75, 3.05) is 37.3 Å². The van der Waals surface area contributed by atoms with Crippen LogP contribution in [-0.2, 0) is 24.1 Å². The molecule has 0 amide bonds. The number of hydrogen-bond donors (Lipinski definition) is 2. The van der Waals surface area contributed by atoms with Gasteiger partial charge < -0.3 is 20.1 Å². The van der Waals surface area contributed by atoms with Crippen molar-refractivity contribution >= 4 is 45.1 Å². The number of esters is 1. The normalized spacial score (nSPS) is 17.6. The third kappa shape index (κ3) is 5.72. The molecule has 0 aliphatic carbocycles. The van der Waals surface area contributed by atoms with E-state index in [0.717, 1.165) is 30.2 Å². The van der Waals surface area contributed by atoms with Crippen molar-refractivity contribution in [1.29, 1.82) is 0 Å². The van der Waals surface area contributed by atoms with E-state index in [2.05, 4.69) is 25.3 Å². The van der Waals surface area contributed by atoms with Gasteiger partial charge in [0.2, 0.25) is 5.95 Å². The van der Waals surface area contributed by atoms with Crippen LogP contribution in [0.4, 0.5) is 11.6 Å². The molecule has 2 heterocycles.